The van der Waals surface area contributed by atoms with Gasteiger partial charge in [-0.15, -0.1) is 0 Å². The summed E-state index contributed by atoms with van der Waals surface area (Å²) < 4.78 is 31.8. The van der Waals surface area contributed by atoms with E-state index in [0.717, 1.165) is 0 Å². The SMILES string of the molecule is CC(NS(=O)(=O)Cc1ccc(C#N)cc1)c1ccco1. The summed E-state index contributed by atoms with van der Waals surface area (Å²) in [6.07, 6.45) is 1.50. The van der Waals surface area contributed by atoms with Gasteiger partial charge in [-0.25, -0.2) is 13.1 Å². The lowest BCUT2D eigenvalue weighted by Gasteiger charge is -2.12. The highest BCUT2D eigenvalue weighted by molar-refractivity contribution is 7.88. The minimum atomic E-state index is -3.47. The van der Waals surface area contributed by atoms with E-state index in [1.165, 1.54) is 6.26 Å². The highest BCUT2D eigenvalue weighted by Gasteiger charge is 2.18. The molecule has 0 bridgehead atoms. The molecule has 1 N–H and O–H groups in total. The van der Waals surface area contributed by atoms with Crippen LogP contribution in [0.25, 0.3) is 0 Å². The predicted molar refractivity (Wildman–Crippen MR) is 74.0 cm³/mol. The van der Waals surface area contributed by atoms with Crippen molar-refractivity contribution in [1.82, 2.24) is 4.72 Å². The number of rotatable bonds is 5. The van der Waals surface area contributed by atoms with E-state index >= 15 is 0 Å². The molecule has 0 aliphatic carbocycles. The molecule has 1 atom stereocenters. The van der Waals surface area contributed by atoms with Gasteiger partial charge in [0.1, 0.15) is 5.76 Å². The highest BCUT2D eigenvalue weighted by Crippen LogP contribution is 2.15. The minimum absolute atomic E-state index is 0.135. The Kier molecular flexibility index (Phi) is 4.23. The molecule has 2 rings (SSSR count). The third-order valence-electron chi connectivity index (χ3n) is 2.77. The Bertz CT molecular complexity index is 698. The normalized spacial score (nSPS) is 12.8. The molecule has 6 heteroatoms. The van der Waals surface area contributed by atoms with Crippen molar-refractivity contribution in [1.29, 1.82) is 5.26 Å². The van der Waals surface area contributed by atoms with Gasteiger partial charge in [0.15, 0.2) is 0 Å². The standard InChI is InChI=1S/C14H14N2O3S/c1-11(14-3-2-8-19-14)16-20(17,18)10-13-6-4-12(9-15)5-7-13/h2-8,11,16H,10H2,1H3. The monoisotopic (exact) mass is 290 g/mol. The van der Waals surface area contributed by atoms with E-state index in [1.54, 1.807) is 43.3 Å². The Morgan fingerprint density at radius 3 is 2.55 bits per heavy atom. The molecule has 0 amide bonds. The summed E-state index contributed by atoms with van der Waals surface area (Å²) in [5.41, 5.74) is 1.13. The summed E-state index contributed by atoms with van der Waals surface area (Å²) in [7, 11) is -3.47. The molecule has 0 saturated heterocycles. The molecular formula is C14H14N2O3S. The molecule has 2 aromatic rings. The zero-order chi connectivity index (χ0) is 14.6. The summed E-state index contributed by atoms with van der Waals surface area (Å²) >= 11 is 0. The van der Waals surface area contributed by atoms with Gasteiger partial charge in [-0.1, -0.05) is 12.1 Å². The third kappa shape index (κ3) is 3.70. The summed E-state index contributed by atoms with van der Waals surface area (Å²) in [6, 6.07) is 11.5. The maximum Gasteiger partial charge on any atom is 0.216 e. The first-order chi connectivity index (χ1) is 9.50. The van der Waals surface area contributed by atoms with Gasteiger partial charge in [-0.05, 0) is 36.8 Å². The molecule has 1 heterocycles. The zero-order valence-corrected chi connectivity index (χ0v) is 11.7. The number of sulfonamides is 1. The number of nitrogens with zero attached hydrogens (tertiary/aromatic N) is 1. The number of nitrogens with one attached hydrogen (secondary N) is 1. The van der Waals surface area contributed by atoms with Crippen LogP contribution in [0, 0.1) is 11.3 Å². The van der Waals surface area contributed by atoms with Crippen LogP contribution >= 0.6 is 0 Å². The van der Waals surface area contributed by atoms with Gasteiger partial charge in [0, 0.05) is 0 Å². The Hall–Kier alpha value is -2.10. The van der Waals surface area contributed by atoms with E-state index in [4.69, 9.17) is 9.68 Å². The number of nitriles is 1. The fourth-order valence-electron chi connectivity index (χ4n) is 1.80. The lowest BCUT2D eigenvalue weighted by molar-refractivity contribution is 0.459. The van der Waals surface area contributed by atoms with Gasteiger partial charge in [-0.3, -0.25) is 0 Å². The quantitative estimate of drug-likeness (QED) is 0.916. The molecule has 0 saturated carbocycles. The van der Waals surface area contributed by atoms with E-state index in [2.05, 4.69) is 4.72 Å². The van der Waals surface area contributed by atoms with E-state index in [1.807, 2.05) is 6.07 Å². The fourth-order valence-corrected chi connectivity index (χ4v) is 3.17. The average molecular weight is 290 g/mol. The van der Waals surface area contributed by atoms with E-state index in [-0.39, 0.29) is 5.75 Å². The van der Waals surface area contributed by atoms with Gasteiger partial charge < -0.3 is 4.42 Å². The van der Waals surface area contributed by atoms with Crippen LogP contribution in [0.5, 0.6) is 0 Å². The lowest BCUT2D eigenvalue weighted by atomic mass is 10.2. The van der Waals surface area contributed by atoms with Crippen LogP contribution in [0.2, 0.25) is 0 Å². The Balaban J connectivity index is 2.05. The largest absolute Gasteiger partial charge is 0.468 e. The van der Waals surface area contributed by atoms with Crippen LogP contribution in [0.3, 0.4) is 0 Å². The van der Waals surface area contributed by atoms with Crippen molar-refractivity contribution in [3.63, 3.8) is 0 Å². The number of benzene rings is 1. The van der Waals surface area contributed by atoms with Gasteiger partial charge in [0.25, 0.3) is 0 Å². The topological polar surface area (TPSA) is 83.1 Å². The molecule has 1 aromatic heterocycles. The van der Waals surface area contributed by atoms with Crippen molar-refractivity contribution < 1.29 is 12.8 Å². The smallest absolute Gasteiger partial charge is 0.216 e. The zero-order valence-electron chi connectivity index (χ0n) is 10.9. The number of furan rings is 1. The molecular weight excluding hydrogens is 276 g/mol. The Morgan fingerprint density at radius 1 is 1.30 bits per heavy atom. The average Bonchev–Trinajstić information content (AvgIpc) is 2.92. The summed E-state index contributed by atoms with van der Waals surface area (Å²) in [5.74, 6) is 0.428. The summed E-state index contributed by atoms with van der Waals surface area (Å²) in [4.78, 5) is 0. The van der Waals surface area contributed by atoms with Gasteiger partial charge in [0.05, 0.1) is 29.7 Å². The minimum Gasteiger partial charge on any atom is -0.468 e. The second kappa shape index (κ2) is 5.90. The second-order valence-corrected chi connectivity index (χ2v) is 6.18. The maximum atomic E-state index is 12.0. The number of hydrogen-bond donors (Lipinski definition) is 1. The summed E-state index contributed by atoms with van der Waals surface area (Å²) in [6.45, 7) is 1.72. The van der Waals surface area contributed by atoms with Crippen LogP contribution in [0.1, 0.15) is 29.9 Å². The van der Waals surface area contributed by atoms with E-state index in [0.29, 0.717) is 16.9 Å². The first-order valence-corrected chi connectivity index (χ1v) is 7.68. The molecule has 0 fully saturated rings. The fraction of sp³-hybridized carbons (Fsp3) is 0.214. The molecule has 1 aromatic carbocycles. The van der Waals surface area contributed by atoms with Crippen molar-refractivity contribution in [2.24, 2.45) is 0 Å². The number of hydrogen-bond acceptors (Lipinski definition) is 4. The van der Waals surface area contributed by atoms with E-state index < -0.39 is 16.1 Å². The first-order valence-electron chi connectivity index (χ1n) is 6.02. The van der Waals surface area contributed by atoms with Crippen molar-refractivity contribution in [2.75, 3.05) is 0 Å². The van der Waals surface area contributed by atoms with Crippen molar-refractivity contribution in [3.8, 4) is 6.07 Å². The summed E-state index contributed by atoms with van der Waals surface area (Å²) in [5, 5.41) is 8.69. The van der Waals surface area contributed by atoms with Crippen LogP contribution < -0.4 is 4.72 Å². The molecule has 0 radical (unpaired) electrons. The van der Waals surface area contributed by atoms with Gasteiger partial charge in [-0.2, -0.15) is 5.26 Å². The van der Waals surface area contributed by atoms with Gasteiger partial charge >= 0.3 is 0 Å². The molecule has 0 spiro atoms. The van der Waals surface area contributed by atoms with E-state index in [9.17, 15) is 8.42 Å². The van der Waals surface area contributed by atoms with Crippen LogP contribution in [0.4, 0.5) is 0 Å². The molecule has 0 aliphatic rings. The third-order valence-corrected chi connectivity index (χ3v) is 4.19. The Morgan fingerprint density at radius 2 is 2.00 bits per heavy atom. The molecule has 0 aliphatic heterocycles. The molecule has 104 valence electrons. The van der Waals surface area contributed by atoms with Crippen molar-refractivity contribution in [2.45, 2.75) is 18.7 Å². The first kappa shape index (κ1) is 14.3. The predicted octanol–water partition coefficient (Wildman–Crippen LogP) is 2.33. The molecule has 1 unspecified atom stereocenters. The Labute approximate surface area is 117 Å². The second-order valence-electron chi connectivity index (χ2n) is 4.42. The molecule has 5 nitrogen and oxygen atoms in total. The van der Waals surface area contributed by atoms with Crippen molar-refractivity contribution >= 4 is 10.0 Å². The van der Waals surface area contributed by atoms with Gasteiger partial charge in [0.2, 0.25) is 10.0 Å². The van der Waals surface area contributed by atoms with Crippen LogP contribution in [-0.2, 0) is 15.8 Å². The molecule has 20 heavy (non-hydrogen) atoms. The van der Waals surface area contributed by atoms with Crippen molar-refractivity contribution in [3.05, 3.63) is 59.5 Å². The maximum absolute atomic E-state index is 12.0. The van der Waals surface area contributed by atoms with Crippen LogP contribution in [-0.4, -0.2) is 8.42 Å². The highest BCUT2D eigenvalue weighted by atomic mass is 32.2. The van der Waals surface area contributed by atoms with Crippen LogP contribution in [0.15, 0.2) is 47.1 Å². The lowest BCUT2D eigenvalue weighted by Crippen LogP contribution is -2.27.